The number of aromatic nitrogens is 4. The Balaban J connectivity index is 2.74. The summed E-state index contributed by atoms with van der Waals surface area (Å²) in [4.78, 5) is 1.25. The van der Waals surface area contributed by atoms with E-state index >= 15 is 0 Å². The Bertz CT molecular complexity index is 245. The van der Waals surface area contributed by atoms with Crippen LogP contribution in [0.25, 0.3) is 0 Å². The molecule has 0 bridgehead atoms. The van der Waals surface area contributed by atoms with Crippen molar-refractivity contribution in [2.45, 2.75) is 33.4 Å². The monoisotopic (exact) mass is 170 g/mol. The molecule has 1 aromatic rings. The minimum atomic E-state index is -0.669. The number of aliphatic hydroxyl groups is 1. The van der Waals surface area contributed by atoms with Gasteiger partial charge in [0.2, 0.25) is 0 Å². The topological polar surface area (TPSA) is 63.8 Å². The van der Waals surface area contributed by atoms with E-state index in [-0.39, 0.29) is 5.92 Å². The van der Waals surface area contributed by atoms with Gasteiger partial charge in [0.15, 0.2) is 12.1 Å². The van der Waals surface area contributed by atoms with Gasteiger partial charge in [0.1, 0.15) is 0 Å². The summed E-state index contributed by atoms with van der Waals surface area (Å²) in [7, 11) is 0. The molecular formula is C7H14N4O. The molecule has 0 saturated carbocycles. The molecule has 0 amide bonds. The Hall–Kier alpha value is -0.970. The van der Waals surface area contributed by atoms with Crippen LogP contribution in [-0.2, 0) is 6.42 Å². The van der Waals surface area contributed by atoms with Crippen LogP contribution in [0.4, 0.5) is 0 Å². The van der Waals surface area contributed by atoms with Crippen molar-refractivity contribution in [1.29, 1.82) is 0 Å². The Morgan fingerprint density at radius 1 is 1.50 bits per heavy atom. The van der Waals surface area contributed by atoms with Gasteiger partial charge >= 0.3 is 0 Å². The molecule has 5 heteroatoms. The normalized spacial score (nSPS) is 13.8. The molecule has 0 aliphatic carbocycles. The van der Waals surface area contributed by atoms with Crippen molar-refractivity contribution in [2.24, 2.45) is 5.92 Å². The predicted octanol–water partition coefficient (Wildman–Crippen LogP) is 0.382. The van der Waals surface area contributed by atoms with Crippen molar-refractivity contribution in [3.63, 3.8) is 0 Å². The highest BCUT2D eigenvalue weighted by atomic mass is 16.3. The molecule has 0 saturated heterocycles. The van der Waals surface area contributed by atoms with E-state index in [2.05, 4.69) is 15.4 Å². The first-order valence-corrected chi connectivity index (χ1v) is 4.11. The zero-order valence-corrected chi connectivity index (χ0v) is 7.60. The molecule has 0 spiro atoms. The van der Waals surface area contributed by atoms with Gasteiger partial charge in [0.05, 0.1) is 0 Å². The third kappa shape index (κ3) is 1.79. The van der Waals surface area contributed by atoms with Gasteiger partial charge in [-0.2, -0.15) is 0 Å². The second kappa shape index (κ2) is 3.62. The highest BCUT2D eigenvalue weighted by molar-refractivity contribution is 4.74. The second-order valence-corrected chi connectivity index (χ2v) is 3.04. The zero-order chi connectivity index (χ0) is 9.14. The minimum Gasteiger partial charge on any atom is -0.370 e. The van der Waals surface area contributed by atoms with Crippen molar-refractivity contribution >= 4 is 0 Å². The average Bonchev–Trinajstić information content (AvgIpc) is 2.50. The maximum absolute atomic E-state index is 9.50. The third-order valence-corrected chi connectivity index (χ3v) is 1.62. The molecule has 1 unspecified atom stereocenters. The first kappa shape index (κ1) is 9.12. The molecule has 0 aromatic carbocycles. The van der Waals surface area contributed by atoms with E-state index in [0.29, 0.717) is 5.82 Å². The Morgan fingerprint density at radius 3 is 2.58 bits per heavy atom. The maximum Gasteiger partial charge on any atom is 0.174 e. The van der Waals surface area contributed by atoms with E-state index in [4.69, 9.17) is 0 Å². The smallest absolute Gasteiger partial charge is 0.174 e. The fourth-order valence-electron chi connectivity index (χ4n) is 0.776. The first-order valence-electron chi connectivity index (χ1n) is 4.11. The Kier molecular flexibility index (Phi) is 2.75. The lowest BCUT2D eigenvalue weighted by Gasteiger charge is -2.11. The third-order valence-electron chi connectivity index (χ3n) is 1.62. The first-order chi connectivity index (χ1) is 5.65. The van der Waals surface area contributed by atoms with E-state index in [9.17, 15) is 5.11 Å². The molecule has 5 nitrogen and oxygen atoms in total. The molecule has 68 valence electrons. The van der Waals surface area contributed by atoms with Gasteiger partial charge < -0.3 is 5.11 Å². The van der Waals surface area contributed by atoms with Gasteiger partial charge in [-0.1, -0.05) is 20.8 Å². The van der Waals surface area contributed by atoms with E-state index in [1.165, 1.54) is 4.80 Å². The number of hydrogen-bond donors (Lipinski definition) is 1. The number of rotatable bonds is 3. The number of aliphatic hydroxyl groups excluding tert-OH is 1. The van der Waals surface area contributed by atoms with Crippen LogP contribution in [0, 0.1) is 5.92 Å². The number of nitrogens with zero attached hydrogens (tertiary/aromatic N) is 4. The lowest BCUT2D eigenvalue weighted by atomic mass is 10.2. The molecule has 1 rings (SSSR count). The van der Waals surface area contributed by atoms with Crippen LogP contribution < -0.4 is 0 Å². The Morgan fingerprint density at radius 2 is 2.17 bits per heavy atom. The maximum atomic E-state index is 9.50. The lowest BCUT2D eigenvalue weighted by Crippen LogP contribution is -2.17. The van der Waals surface area contributed by atoms with Gasteiger partial charge in [-0.05, 0) is 5.21 Å². The van der Waals surface area contributed by atoms with E-state index in [0.717, 1.165) is 6.42 Å². The second-order valence-electron chi connectivity index (χ2n) is 3.04. The van der Waals surface area contributed by atoms with Crippen molar-refractivity contribution < 1.29 is 5.11 Å². The average molecular weight is 170 g/mol. The van der Waals surface area contributed by atoms with Crippen LogP contribution in [0.1, 0.15) is 32.8 Å². The van der Waals surface area contributed by atoms with Crippen molar-refractivity contribution in [1.82, 2.24) is 20.2 Å². The van der Waals surface area contributed by atoms with E-state index in [1.807, 2.05) is 20.8 Å². The van der Waals surface area contributed by atoms with E-state index in [1.54, 1.807) is 0 Å². The molecule has 1 aromatic heterocycles. The molecule has 1 atom stereocenters. The molecule has 1 N–H and O–H groups in total. The molecule has 1 heterocycles. The van der Waals surface area contributed by atoms with Crippen LogP contribution in [0.15, 0.2) is 0 Å². The minimum absolute atomic E-state index is 0.101. The van der Waals surface area contributed by atoms with Gasteiger partial charge in [-0.3, -0.25) is 0 Å². The standard InChI is InChI=1S/C7H14N4O/c1-4-6-8-10-11(9-6)7(12)5(2)3/h5,7,12H,4H2,1-3H3. The van der Waals surface area contributed by atoms with Gasteiger partial charge in [-0.25, -0.2) is 0 Å². The summed E-state index contributed by atoms with van der Waals surface area (Å²) < 4.78 is 0. The molecule has 0 radical (unpaired) electrons. The van der Waals surface area contributed by atoms with Crippen molar-refractivity contribution in [3.05, 3.63) is 5.82 Å². The van der Waals surface area contributed by atoms with Crippen LogP contribution in [-0.4, -0.2) is 25.3 Å². The summed E-state index contributed by atoms with van der Waals surface area (Å²) in [5, 5.41) is 21.0. The summed E-state index contributed by atoms with van der Waals surface area (Å²) >= 11 is 0. The molecule has 0 fully saturated rings. The summed E-state index contributed by atoms with van der Waals surface area (Å²) in [6, 6.07) is 0. The SMILES string of the molecule is CCc1nnn(C(O)C(C)C)n1. The fraction of sp³-hybridized carbons (Fsp3) is 0.857. The summed E-state index contributed by atoms with van der Waals surface area (Å²) in [5.74, 6) is 0.763. The van der Waals surface area contributed by atoms with Gasteiger partial charge in [0, 0.05) is 12.3 Å². The molecule has 0 aliphatic heterocycles. The highest BCUT2D eigenvalue weighted by Crippen LogP contribution is 2.10. The number of aryl methyl sites for hydroxylation is 1. The number of tetrazole rings is 1. The van der Waals surface area contributed by atoms with Crippen LogP contribution >= 0.6 is 0 Å². The number of hydrogen-bond acceptors (Lipinski definition) is 4. The lowest BCUT2D eigenvalue weighted by molar-refractivity contribution is 0.0298. The summed E-state index contributed by atoms with van der Waals surface area (Å²) in [6.07, 6.45) is 0.0722. The fourth-order valence-corrected chi connectivity index (χ4v) is 0.776. The largest absolute Gasteiger partial charge is 0.370 e. The molecular weight excluding hydrogens is 156 g/mol. The van der Waals surface area contributed by atoms with E-state index < -0.39 is 6.23 Å². The summed E-state index contributed by atoms with van der Waals surface area (Å²) in [6.45, 7) is 5.75. The predicted molar refractivity (Wildman–Crippen MR) is 43.3 cm³/mol. The van der Waals surface area contributed by atoms with Gasteiger partial charge in [0.25, 0.3) is 0 Å². The van der Waals surface area contributed by atoms with Crippen molar-refractivity contribution in [2.75, 3.05) is 0 Å². The van der Waals surface area contributed by atoms with Crippen LogP contribution in [0.2, 0.25) is 0 Å². The molecule has 0 aliphatic rings. The van der Waals surface area contributed by atoms with Gasteiger partial charge in [-0.15, -0.1) is 15.0 Å². The van der Waals surface area contributed by atoms with Crippen molar-refractivity contribution in [3.8, 4) is 0 Å². The van der Waals surface area contributed by atoms with Crippen LogP contribution in [0.3, 0.4) is 0 Å². The Labute approximate surface area is 71.4 Å². The quantitative estimate of drug-likeness (QED) is 0.712. The summed E-state index contributed by atoms with van der Waals surface area (Å²) in [5.41, 5.74) is 0. The zero-order valence-electron chi connectivity index (χ0n) is 7.60. The highest BCUT2D eigenvalue weighted by Gasteiger charge is 2.14. The van der Waals surface area contributed by atoms with Crippen LogP contribution in [0.5, 0.6) is 0 Å². The molecule has 12 heavy (non-hydrogen) atoms.